The quantitative estimate of drug-likeness (QED) is 0.834. The number of carboxylic acid groups (broad SMARTS) is 1. The van der Waals surface area contributed by atoms with Gasteiger partial charge in [-0.25, -0.2) is 4.79 Å². The molecule has 5 rings (SSSR count). The van der Waals surface area contributed by atoms with Gasteiger partial charge in [0.05, 0.1) is 5.56 Å². The van der Waals surface area contributed by atoms with Gasteiger partial charge in [-0.15, -0.1) is 0 Å². The normalized spacial score (nSPS) is 26.8. The summed E-state index contributed by atoms with van der Waals surface area (Å²) < 4.78 is 5.59. The van der Waals surface area contributed by atoms with Crippen molar-refractivity contribution >= 4 is 16.9 Å². The Hall–Kier alpha value is -1.81. The number of aromatic nitrogens is 1. The second kappa shape index (κ2) is 6.41. The zero-order valence-corrected chi connectivity index (χ0v) is 15.2. The van der Waals surface area contributed by atoms with Crippen LogP contribution in [0.3, 0.4) is 0 Å². The van der Waals surface area contributed by atoms with E-state index in [0.29, 0.717) is 17.4 Å². The molecule has 0 bridgehead atoms. The minimum absolute atomic E-state index is 0.395. The Morgan fingerprint density at radius 2 is 1.96 bits per heavy atom. The molecule has 2 atom stereocenters. The molecule has 3 aliphatic rings. The molecule has 4 heteroatoms. The Labute approximate surface area is 153 Å². The van der Waals surface area contributed by atoms with Crippen molar-refractivity contribution in [3.8, 4) is 0 Å². The van der Waals surface area contributed by atoms with Gasteiger partial charge in [0.15, 0.2) is 0 Å². The highest BCUT2D eigenvalue weighted by molar-refractivity contribution is 5.95. The van der Waals surface area contributed by atoms with E-state index < -0.39 is 5.97 Å². The molecule has 0 radical (unpaired) electrons. The van der Waals surface area contributed by atoms with Crippen LogP contribution in [0.4, 0.5) is 0 Å². The maximum absolute atomic E-state index is 11.4. The summed E-state index contributed by atoms with van der Waals surface area (Å²) in [6, 6.07) is 5.56. The minimum Gasteiger partial charge on any atom is -0.478 e. The summed E-state index contributed by atoms with van der Waals surface area (Å²) in [6.45, 7) is 1.80. The van der Waals surface area contributed by atoms with Crippen molar-refractivity contribution in [1.29, 1.82) is 0 Å². The zero-order valence-electron chi connectivity index (χ0n) is 15.2. The van der Waals surface area contributed by atoms with E-state index in [2.05, 4.69) is 4.98 Å². The van der Waals surface area contributed by atoms with E-state index in [1.165, 1.54) is 49.8 Å². The fourth-order valence-electron chi connectivity index (χ4n) is 5.32. The van der Waals surface area contributed by atoms with Gasteiger partial charge in [0.25, 0.3) is 0 Å². The summed E-state index contributed by atoms with van der Waals surface area (Å²) in [5, 5.41) is 10.5. The molecule has 2 fully saturated rings. The van der Waals surface area contributed by atoms with Crippen LogP contribution >= 0.6 is 0 Å². The summed E-state index contributed by atoms with van der Waals surface area (Å²) in [5.41, 5.74) is 4.30. The van der Waals surface area contributed by atoms with Gasteiger partial charge in [0, 0.05) is 29.8 Å². The number of ether oxygens (including phenoxy) is 1. The molecule has 1 saturated heterocycles. The lowest BCUT2D eigenvalue weighted by Gasteiger charge is -2.36. The third kappa shape index (κ3) is 2.94. The van der Waals surface area contributed by atoms with Crippen LogP contribution < -0.4 is 0 Å². The predicted molar refractivity (Wildman–Crippen MR) is 101 cm³/mol. The SMILES string of the molecule is O=C(O)c1ccc2[nH]c3c(c2c1)CC(C1CCOCC1)CC3CC1CC1. The van der Waals surface area contributed by atoms with Gasteiger partial charge in [-0.05, 0) is 79.5 Å². The Bertz CT molecular complexity index is 829. The first-order valence-electron chi connectivity index (χ1n) is 10.1. The maximum atomic E-state index is 11.4. The first kappa shape index (κ1) is 16.4. The number of aromatic carboxylic acids is 1. The number of fused-ring (bicyclic) bond motifs is 3. The van der Waals surface area contributed by atoms with Crippen molar-refractivity contribution in [3.63, 3.8) is 0 Å². The van der Waals surface area contributed by atoms with E-state index in [1.54, 1.807) is 6.07 Å². The van der Waals surface area contributed by atoms with Crippen LogP contribution in [0.5, 0.6) is 0 Å². The van der Waals surface area contributed by atoms with Gasteiger partial charge in [0.2, 0.25) is 0 Å². The highest BCUT2D eigenvalue weighted by Crippen LogP contribution is 2.48. The molecule has 4 nitrogen and oxygen atoms in total. The second-order valence-corrected chi connectivity index (χ2v) is 8.61. The third-order valence-corrected chi connectivity index (χ3v) is 6.90. The molecule has 1 aromatic carbocycles. The molecule has 1 aliphatic heterocycles. The largest absolute Gasteiger partial charge is 0.478 e. The summed E-state index contributed by atoms with van der Waals surface area (Å²) in [7, 11) is 0. The number of aromatic amines is 1. The van der Waals surface area contributed by atoms with E-state index in [0.717, 1.165) is 42.4 Å². The average molecular weight is 353 g/mol. The van der Waals surface area contributed by atoms with Gasteiger partial charge in [-0.3, -0.25) is 0 Å². The van der Waals surface area contributed by atoms with Gasteiger partial charge in [-0.2, -0.15) is 0 Å². The van der Waals surface area contributed by atoms with Crippen molar-refractivity contribution in [2.45, 2.75) is 50.9 Å². The fourth-order valence-corrected chi connectivity index (χ4v) is 5.32. The van der Waals surface area contributed by atoms with E-state index in [-0.39, 0.29) is 0 Å². The van der Waals surface area contributed by atoms with Crippen molar-refractivity contribution < 1.29 is 14.6 Å². The molecule has 2 unspecified atom stereocenters. The predicted octanol–water partition coefficient (Wildman–Crippen LogP) is 4.74. The summed E-state index contributed by atoms with van der Waals surface area (Å²) in [5.74, 6) is 2.14. The van der Waals surface area contributed by atoms with Crippen molar-refractivity contribution in [1.82, 2.24) is 4.98 Å². The Morgan fingerprint density at radius 3 is 2.69 bits per heavy atom. The number of hydrogen-bond donors (Lipinski definition) is 2. The van der Waals surface area contributed by atoms with E-state index in [1.807, 2.05) is 12.1 Å². The molecule has 1 aromatic heterocycles. The number of H-pyrrole nitrogens is 1. The number of carbonyl (C=O) groups is 1. The number of hydrogen-bond acceptors (Lipinski definition) is 2. The van der Waals surface area contributed by atoms with Gasteiger partial charge < -0.3 is 14.8 Å². The lowest BCUT2D eigenvalue weighted by atomic mass is 9.70. The summed E-state index contributed by atoms with van der Waals surface area (Å²) in [4.78, 5) is 15.1. The van der Waals surface area contributed by atoms with Gasteiger partial charge in [0.1, 0.15) is 0 Å². The van der Waals surface area contributed by atoms with Crippen LogP contribution in [0.25, 0.3) is 10.9 Å². The molecule has 0 spiro atoms. The molecule has 26 heavy (non-hydrogen) atoms. The van der Waals surface area contributed by atoms with Crippen molar-refractivity contribution in [3.05, 3.63) is 35.0 Å². The van der Waals surface area contributed by atoms with Crippen LogP contribution in [-0.4, -0.2) is 29.3 Å². The molecule has 2 aliphatic carbocycles. The van der Waals surface area contributed by atoms with Crippen LogP contribution in [0.2, 0.25) is 0 Å². The van der Waals surface area contributed by atoms with Crippen LogP contribution in [0.1, 0.15) is 66.1 Å². The van der Waals surface area contributed by atoms with Crippen LogP contribution in [-0.2, 0) is 11.2 Å². The number of benzene rings is 1. The van der Waals surface area contributed by atoms with Crippen molar-refractivity contribution in [2.24, 2.45) is 17.8 Å². The maximum Gasteiger partial charge on any atom is 0.335 e. The Balaban J connectivity index is 1.54. The van der Waals surface area contributed by atoms with E-state index in [4.69, 9.17) is 4.74 Å². The first-order chi connectivity index (χ1) is 12.7. The number of rotatable bonds is 4. The monoisotopic (exact) mass is 353 g/mol. The zero-order chi connectivity index (χ0) is 17.7. The first-order valence-corrected chi connectivity index (χ1v) is 10.1. The van der Waals surface area contributed by atoms with E-state index in [9.17, 15) is 9.90 Å². The van der Waals surface area contributed by atoms with E-state index >= 15 is 0 Å². The smallest absolute Gasteiger partial charge is 0.335 e. The molecular formula is C22H27NO3. The molecule has 0 amide bonds. The minimum atomic E-state index is -0.840. The lowest BCUT2D eigenvalue weighted by molar-refractivity contribution is 0.0417. The fraction of sp³-hybridized carbons (Fsp3) is 0.591. The molecular weight excluding hydrogens is 326 g/mol. The summed E-state index contributed by atoms with van der Waals surface area (Å²) in [6.07, 6.45) is 8.80. The molecule has 1 saturated carbocycles. The standard InChI is InChI=1S/C22H27NO3/c24-22(25)15-3-4-20-18(11-15)19-12-16(14-5-7-26-8-6-14)10-17(21(19)23-20)9-13-1-2-13/h3-4,11,13-14,16-17,23H,1-2,5-10,12H2,(H,24,25). The number of nitrogens with one attached hydrogen (secondary N) is 1. The van der Waals surface area contributed by atoms with Crippen LogP contribution in [0, 0.1) is 17.8 Å². The third-order valence-electron chi connectivity index (χ3n) is 6.90. The average Bonchev–Trinajstić information content (AvgIpc) is 3.40. The molecule has 2 aromatic rings. The second-order valence-electron chi connectivity index (χ2n) is 8.61. The molecule has 138 valence electrons. The Kier molecular flexibility index (Phi) is 4.04. The van der Waals surface area contributed by atoms with Gasteiger partial charge in [-0.1, -0.05) is 12.8 Å². The summed E-state index contributed by atoms with van der Waals surface area (Å²) >= 11 is 0. The van der Waals surface area contributed by atoms with Crippen molar-refractivity contribution in [2.75, 3.05) is 13.2 Å². The highest BCUT2D eigenvalue weighted by atomic mass is 16.5. The lowest BCUT2D eigenvalue weighted by Crippen LogP contribution is -2.29. The topological polar surface area (TPSA) is 62.3 Å². The molecule has 2 N–H and O–H groups in total. The van der Waals surface area contributed by atoms with Crippen LogP contribution in [0.15, 0.2) is 18.2 Å². The molecule has 2 heterocycles. The van der Waals surface area contributed by atoms with Gasteiger partial charge >= 0.3 is 5.97 Å². The number of carboxylic acids is 1. The highest BCUT2D eigenvalue weighted by Gasteiger charge is 2.37. The Morgan fingerprint density at radius 1 is 1.15 bits per heavy atom.